The van der Waals surface area contributed by atoms with Gasteiger partial charge in [-0.05, 0) is 57.8 Å². The van der Waals surface area contributed by atoms with Crippen molar-refractivity contribution in [3.8, 4) is 0 Å². The van der Waals surface area contributed by atoms with Crippen LogP contribution in [0.5, 0.6) is 0 Å². The number of aliphatic hydroxyl groups is 11. The van der Waals surface area contributed by atoms with Gasteiger partial charge in [0.1, 0.15) is 73.2 Å². The smallest absolute Gasteiger partial charge is 0.220 e. The topological polar surface area (TPSA) is 307 Å². The van der Waals surface area contributed by atoms with E-state index in [1.807, 2.05) is 6.08 Å². The van der Waals surface area contributed by atoms with Crippen LogP contribution in [0.1, 0.15) is 341 Å². The van der Waals surface area contributed by atoms with E-state index in [-0.39, 0.29) is 18.9 Å². The predicted octanol–water partition coefficient (Wildman–Crippen LogP) is 13.9. The summed E-state index contributed by atoms with van der Waals surface area (Å²) in [5.41, 5.74) is 0. The summed E-state index contributed by atoms with van der Waals surface area (Å²) in [6, 6.07) is -0.988. The first-order valence-corrected chi connectivity index (χ1v) is 41.2. The summed E-state index contributed by atoms with van der Waals surface area (Å²) < 4.78 is 34.4. The second kappa shape index (κ2) is 62.1. The highest BCUT2D eigenvalue weighted by atomic mass is 16.8. The molecule has 0 radical (unpaired) electrons. The lowest BCUT2D eigenvalue weighted by Crippen LogP contribution is -2.66. The number of hydrogen-bond acceptors (Lipinski definition) is 18. The fourth-order valence-electron chi connectivity index (χ4n) is 14.0. The van der Waals surface area contributed by atoms with E-state index in [1.165, 1.54) is 270 Å². The molecule has 0 saturated carbocycles. The Morgan fingerprint density at radius 3 is 1.00 bits per heavy atom. The Bertz CT molecular complexity index is 1950. The Kier molecular flexibility index (Phi) is 57.3. The van der Waals surface area contributed by atoms with Crippen molar-refractivity contribution in [2.45, 2.75) is 446 Å². The summed E-state index contributed by atoms with van der Waals surface area (Å²) in [6.07, 6.45) is 50.3. The van der Waals surface area contributed by atoms with Crippen LogP contribution in [0.3, 0.4) is 0 Å². The average molecular weight is 1430 g/mol. The lowest BCUT2D eigenvalue weighted by atomic mass is 9.96. The molecular formula is C81H151NO18. The van der Waals surface area contributed by atoms with Gasteiger partial charge >= 0.3 is 0 Å². The number of allylic oxidation sites excluding steroid dienone is 5. The number of carbonyl (C=O) groups excluding carboxylic acids is 1. The van der Waals surface area contributed by atoms with E-state index in [1.54, 1.807) is 6.08 Å². The molecule has 100 heavy (non-hydrogen) atoms. The predicted molar refractivity (Wildman–Crippen MR) is 397 cm³/mol. The summed E-state index contributed by atoms with van der Waals surface area (Å²) in [7, 11) is 0. The molecule has 3 rings (SSSR count). The Morgan fingerprint density at radius 2 is 0.640 bits per heavy atom. The van der Waals surface area contributed by atoms with Gasteiger partial charge in [0.25, 0.3) is 0 Å². The second-order valence-corrected chi connectivity index (χ2v) is 29.6. The third-order valence-electron chi connectivity index (χ3n) is 20.7. The molecule has 19 nitrogen and oxygen atoms in total. The van der Waals surface area contributed by atoms with Gasteiger partial charge in [-0.1, -0.05) is 314 Å². The van der Waals surface area contributed by atoms with Gasteiger partial charge in [-0.2, -0.15) is 0 Å². The van der Waals surface area contributed by atoms with E-state index in [9.17, 15) is 61.0 Å². The lowest BCUT2D eigenvalue weighted by Gasteiger charge is -2.48. The van der Waals surface area contributed by atoms with Gasteiger partial charge in [0.05, 0.1) is 38.6 Å². The van der Waals surface area contributed by atoms with Crippen LogP contribution in [0.2, 0.25) is 0 Å². The van der Waals surface area contributed by atoms with E-state index in [0.717, 1.165) is 38.5 Å². The van der Waals surface area contributed by atoms with Crippen molar-refractivity contribution in [3.63, 3.8) is 0 Å². The summed E-state index contributed by atoms with van der Waals surface area (Å²) in [5.74, 6) is -0.279. The average Bonchev–Trinajstić information content (AvgIpc) is 0.784. The minimum atomic E-state index is -1.98. The quantitative estimate of drug-likeness (QED) is 0.0199. The monoisotopic (exact) mass is 1430 g/mol. The minimum absolute atomic E-state index is 0.240. The molecule has 1 amide bonds. The van der Waals surface area contributed by atoms with E-state index in [0.29, 0.717) is 12.8 Å². The van der Waals surface area contributed by atoms with Crippen LogP contribution in [-0.4, -0.2) is 193 Å². The van der Waals surface area contributed by atoms with E-state index in [2.05, 4.69) is 43.5 Å². The van der Waals surface area contributed by atoms with Crippen molar-refractivity contribution in [2.24, 2.45) is 0 Å². The van der Waals surface area contributed by atoms with E-state index < -0.39 is 124 Å². The van der Waals surface area contributed by atoms with Crippen molar-refractivity contribution >= 4 is 5.91 Å². The number of amides is 1. The maximum atomic E-state index is 13.4. The number of carbonyl (C=O) groups is 1. The van der Waals surface area contributed by atoms with Crippen molar-refractivity contribution in [1.29, 1.82) is 0 Å². The summed E-state index contributed by atoms with van der Waals surface area (Å²) in [5, 5.41) is 121. The van der Waals surface area contributed by atoms with Gasteiger partial charge in [-0.25, -0.2) is 0 Å². The second-order valence-electron chi connectivity index (χ2n) is 29.6. The van der Waals surface area contributed by atoms with E-state index in [4.69, 9.17) is 28.4 Å². The largest absolute Gasteiger partial charge is 0.394 e. The Hall–Kier alpha value is -1.99. The molecule has 588 valence electrons. The molecule has 3 saturated heterocycles. The van der Waals surface area contributed by atoms with E-state index >= 15 is 0 Å². The summed E-state index contributed by atoms with van der Waals surface area (Å²) in [6.45, 7) is 1.75. The molecular weight excluding hydrogens is 1270 g/mol. The van der Waals surface area contributed by atoms with Crippen molar-refractivity contribution in [1.82, 2.24) is 5.32 Å². The highest BCUT2D eigenvalue weighted by Crippen LogP contribution is 2.33. The fraction of sp³-hybridized carbons (Fsp3) is 0.914. The van der Waals surface area contributed by atoms with Crippen LogP contribution in [0.4, 0.5) is 0 Å². The number of nitrogens with one attached hydrogen (secondary N) is 1. The fourth-order valence-corrected chi connectivity index (χ4v) is 14.0. The molecule has 17 unspecified atom stereocenters. The molecule has 3 fully saturated rings. The summed E-state index contributed by atoms with van der Waals surface area (Å²) >= 11 is 0. The normalized spacial score (nSPS) is 26.6. The molecule has 0 aromatic carbocycles. The maximum absolute atomic E-state index is 13.4. The van der Waals surface area contributed by atoms with Gasteiger partial charge in [0.15, 0.2) is 18.9 Å². The molecule has 0 aliphatic carbocycles. The molecule has 3 heterocycles. The van der Waals surface area contributed by atoms with Crippen LogP contribution < -0.4 is 5.32 Å². The third kappa shape index (κ3) is 41.8. The van der Waals surface area contributed by atoms with Crippen molar-refractivity contribution < 1.29 is 89.4 Å². The van der Waals surface area contributed by atoms with Gasteiger partial charge in [0.2, 0.25) is 5.91 Å². The van der Waals surface area contributed by atoms with Gasteiger partial charge < -0.3 is 89.9 Å². The molecule has 0 spiro atoms. The molecule has 17 atom stereocenters. The Balaban J connectivity index is 1.29. The molecule has 0 bridgehead atoms. The van der Waals surface area contributed by atoms with Crippen molar-refractivity contribution in [3.05, 3.63) is 36.5 Å². The van der Waals surface area contributed by atoms with Gasteiger partial charge in [0, 0.05) is 6.42 Å². The SMILES string of the molecule is CCCCCCCCCC/C=C\CCCCCCCCCCCCCCCCCCCCCCCCCCCCCC(=O)NC(COC1OC(CO)C(OC2OC(CO)C(OC3OC(CO)C(O)C(O)C3O)C(O)C2O)C(O)C1O)C(O)/C=C/CC/C=C/CCCCCCCCCCCC. The molecule has 0 aromatic rings. The first-order valence-electron chi connectivity index (χ1n) is 41.2. The zero-order valence-electron chi connectivity index (χ0n) is 62.9. The van der Waals surface area contributed by atoms with Gasteiger partial charge in [-0.3, -0.25) is 4.79 Å². The minimum Gasteiger partial charge on any atom is -0.394 e. The van der Waals surface area contributed by atoms with Crippen LogP contribution in [0.25, 0.3) is 0 Å². The van der Waals surface area contributed by atoms with Crippen LogP contribution >= 0.6 is 0 Å². The third-order valence-corrected chi connectivity index (χ3v) is 20.7. The molecule has 3 aliphatic heterocycles. The lowest BCUT2D eigenvalue weighted by molar-refractivity contribution is -0.379. The Morgan fingerprint density at radius 1 is 0.350 bits per heavy atom. The number of rotatable bonds is 66. The zero-order chi connectivity index (χ0) is 72.5. The van der Waals surface area contributed by atoms with Crippen LogP contribution in [0.15, 0.2) is 36.5 Å². The Labute approximate surface area is 606 Å². The number of hydrogen-bond donors (Lipinski definition) is 12. The van der Waals surface area contributed by atoms with Crippen LogP contribution in [-0.2, 0) is 33.2 Å². The van der Waals surface area contributed by atoms with Crippen LogP contribution in [0, 0.1) is 0 Å². The number of aliphatic hydroxyl groups excluding tert-OH is 11. The zero-order valence-corrected chi connectivity index (χ0v) is 62.9. The number of ether oxygens (including phenoxy) is 6. The molecule has 3 aliphatic rings. The highest BCUT2D eigenvalue weighted by molar-refractivity contribution is 5.76. The summed E-state index contributed by atoms with van der Waals surface area (Å²) in [4.78, 5) is 13.4. The highest BCUT2D eigenvalue weighted by Gasteiger charge is 2.54. The van der Waals surface area contributed by atoms with Crippen molar-refractivity contribution in [2.75, 3.05) is 26.4 Å². The molecule has 19 heteroatoms. The van der Waals surface area contributed by atoms with Gasteiger partial charge in [-0.15, -0.1) is 0 Å². The first kappa shape index (κ1) is 92.2. The molecule has 12 N–H and O–H groups in total. The first-order chi connectivity index (χ1) is 48.8. The number of unbranched alkanes of at least 4 members (excludes halogenated alkanes) is 46. The molecule has 0 aromatic heterocycles. The standard InChI is InChI=1S/C81H151NO18/c1-3-5-7-9-11-13-15-17-19-21-22-23-24-25-26-27-28-29-30-31-32-33-34-35-36-37-38-39-40-41-42-43-45-47-49-51-53-55-57-59-69(87)82-64(65(86)58-56-54-52-50-48-46-44-20-18-16-14-12-10-8-6-4-2)63-95-79-75(93)72(90)77(67(61-84)97-79)100-81-76(94)73(91)78(68(62-85)98-81)99-80-74(92)71(89)70(88)66(60-83)96-80/h21-22,48,50,56,58,64-68,70-81,83-86,88-94H,3-20,23-47,49,51-55,57,59-63H2,1-2H3,(H,82,87)/b22-21-,50-48+,58-56+. The maximum Gasteiger partial charge on any atom is 0.220 e.